The number of halogens is 1. The van der Waals surface area contributed by atoms with Gasteiger partial charge < -0.3 is 14.8 Å². The number of nitrogens with zero attached hydrogens (tertiary/aromatic N) is 1. The predicted octanol–water partition coefficient (Wildman–Crippen LogP) is 3.96. The molecule has 1 amide bonds. The number of carbonyl (C=O) groups excluding carboxylic acids is 1. The van der Waals surface area contributed by atoms with Gasteiger partial charge in [-0.25, -0.2) is 0 Å². The Kier molecular flexibility index (Phi) is 6.22. The molecule has 0 spiro atoms. The average molecular weight is 385 g/mol. The molecular weight excluding hydrogens is 368 g/mol. The standard InChI is InChI=1S/C16H17ClN2O5S/c1-4-24-15-11(17)5-10(6-13(15)23-3)8-18-16(20)14-7-12(19(21)22)9(2)25-14/h5-7H,4,8H2,1-3H3,(H,18,20). The smallest absolute Gasteiger partial charge is 0.283 e. The Hall–Kier alpha value is -2.32. The van der Waals surface area contributed by atoms with Gasteiger partial charge in [0.05, 0.1) is 33.4 Å². The zero-order valence-corrected chi connectivity index (χ0v) is 15.5. The molecule has 0 fully saturated rings. The number of hydrogen-bond acceptors (Lipinski definition) is 6. The molecule has 1 heterocycles. The number of nitro groups is 1. The molecule has 0 saturated heterocycles. The van der Waals surface area contributed by atoms with E-state index >= 15 is 0 Å². The minimum Gasteiger partial charge on any atom is -0.493 e. The number of ether oxygens (including phenoxy) is 2. The summed E-state index contributed by atoms with van der Waals surface area (Å²) in [5.74, 6) is 0.539. The lowest BCUT2D eigenvalue weighted by molar-refractivity contribution is -0.385. The quantitative estimate of drug-likeness (QED) is 0.576. The van der Waals surface area contributed by atoms with Crippen LogP contribution in [0.4, 0.5) is 5.69 Å². The number of amides is 1. The van der Waals surface area contributed by atoms with Crippen LogP contribution in [0.25, 0.3) is 0 Å². The van der Waals surface area contributed by atoms with Crippen LogP contribution in [-0.4, -0.2) is 24.5 Å². The molecule has 2 rings (SSSR count). The van der Waals surface area contributed by atoms with Crippen molar-refractivity contribution in [2.24, 2.45) is 0 Å². The van der Waals surface area contributed by atoms with Crippen LogP contribution in [0.15, 0.2) is 18.2 Å². The molecule has 25 heavy (non-hydrogen) atoms. The van der Waals surface area contributed by atoms with Crippen molar-refractivity contribution in [2.75, 3.05) is 13.7 Å². The van der Waals surface area contributed by atoms with Crippen molar-refractivity contribution in [1.82, 2.24) is 5.32 Å². The van der Waals surface area contributed by atoms with Crippen molar-refractivity contribution in [2.45, 2.75) is 20.4 Å². The fraction of sp³-hybridized carbons (Fsp3) is 0.312. The molecule has 0 saturated carbocycles. The number of benzene rings is 1. The Morgan fingerprint density at radius 3 is 2.68 bits per heavy atom. The topological polar surface area (TPSA) is 90.7 Å². The van der Waals surface area contributed by atoms with E-state index in [1.165, 1.54) is 13.2 Å². The average Bonchev–Trinajstić information content (AvgIpc) is 2.96. The molecule has 7 nitrogen and oxygen atoms in total. The van der Waals surface area contributed by atoms with Gasteiger partial charge in [-0.15, -0.1) is 11.3 Å². The number of carbonyl (C=O) groups is 1. The molecule has 0 aliphatic heterocycles. The van der Waals surface area contributed by atoms with Gasteiger partial charge in [-0.05, 0) is 31.5 Å². The van der Waals surface area contributed by atoms with Gasteiger partial charge in [0.1, 0.15) is 0 Å². The van der Waals surface area contributed by atoms with Gasteiger partial charge in [-0.2, -0.15) is 0 Å². The molecule has 2 aromatic rings. The van der Waals surface area contributed by atoms with Gasteiger partial charge in [0, 0.05) is 12.6 Å². The highest BCUT2D eigenvalue weighted by Crippen LogP contribution is 2.36. The molecular formula is C16H17ClN2O5S. The van der Waals surface area contributed by atoms with Crippen LogP contribution in [0, 0.1) is 17.0 Å². The highest BCUT2D eigenvalue weighted by molar-refractivity contribution is 7.14. The third-order valence-electron chi connectivity index (χ3n) is 3.34. The minimum absolute atomic E-state index is 0.0547. The zero-order chi connectivity index (χ0) is 18.6. The van der Waals surface area contributed by atoms with Gasteiger partial charge in [-0.3, -0.25) is 14.9 Å². The second-order valence-electron chi connectivity index (χ2n) is 5.03. The van der Waals surface area contributed by atoms with E-state index in [1.54, 1.807) is 19.1 Å². The summed E-state index contributed by atoms with van der Waals surface area (Å²) < 4.78 is 10.7. The van der Waals surface area contributed by atoms with Crippen LogP contribution >= 0.6 is 22.9 Å². The number of rotatable bonds is 7. The first kappa shape index (κ1) is 19.0. The van der Waals surface area contributed by atoms with Crippen molar-refractivity contribution >= 4 is 34.5 Å². The summed E-state index contributed by atoms with van der Waals surface area (Å²) >= 11 is 7.27. The lowest BCUT2D eigenvalue weighted by Crippen LogP contribution is -2.21. The summed E-state index contributed by atoms with van der Waals surface area (Å²) in [6, 6.07) is 4.68. The largest absolute Gasteiger partial charge is 0.493 e. The number of hydrogen-bond donors (Lipinski definition) is 1. The second-order valence-corrected chi connectivity index (χ2v) is 6.70. The first-order valence-corrected chi connectivity index (χ1v) is 8.59. The monoisotopic (exact) mass is 384 g/mol. The van der Waals surface area contributed by atoms with Crippen molar-refractivity contribution in [3.63, 3.8) is 0 Å². The van der Waals surface area contributed by atoms with E-state index in [4.69, 9.17) is 21.1 Å². The Bertz CT molecular complexity index is 806. The van der Waals surface area contributed by atoms with E-state index in [1.807, 2.05) is 6.92 Å². The van der Waals surface area contributed by atoms with Crippen molar-refractivity contribution in [1.29, 1.82) is 0 Å². The second kappa shape index (κ2) is 8.17. The molecule has 0 radical (unpaired) electrons. The lowest BCUT2D eigenvalue weighted by atomic mass is 10.2. The molecule has 0 atom stereocenters. The Morgan fingerprint density at radius 2 is 2.12 bits per heavy atom. The molecule has 0 unspecified atom stereocenters. The maximum Gasteiger partial charge on any atom is 0.283 e. The van der Waals surface area contributed by atoms with Gasteiger partial charge >= 0.3 is 0 Å². The van der Waals surface area contributed by atoms with Crippen LogP contribution in [0.2, 0.25) is 5.02 Å². The van der Waals surface area contributed by atoms with E-state index in [9.17, 15) is 14.9 Å². The maximum atomic E-state index is 12.2. The lowest BCUT2D eigenvalue weighted by Gasteiger charge is -2.13. The Balaban J connectivity index is 2.13. The minimum atomic E-state index is -0.500. The van der Waals surface area contributed by atoms with Gasteiger partial charge in [0.25, 0.3) is 11.6 Å². The molecule has 0 aliphatic rings. The van der Waals surface area contributed by atoms with Crippen LogP contribution in [-0.2, 0) is 6.54 Å². The molecule has 134 valence electrons. The zero-order valence-electron chi connectivity index (χ0n) is 13.9. The summed E-state index contributed by atoms with van der Waals surface area (Å²) in [5.41, 5.74) is 0.669. The first-order valence-electron chi connectivity index (χ1n) is 7.39. The van der Waals surface area contributed by atoms with Crippen LogP contribution in [0.5, 0.6) is 11.5 Å². The summed E-state index contributed by atoms with van der Waals surface area (Å²) in [6.07, 6.45) is 0. The van der Waals surface area contributed by atoms with E-state index in [2.05, 4.69) is 5.32 Å². The van der Waals surface area contributed by atoms with E-state index in [0.29, 0.717) is 28.0 Å². The van der Waals surface area contributed by atoms with E-state index < -0.39 is 4.92 Å². The third kappa shape index (κ3) is 4.40. The maximum absolute atomic E-state index is 12.2. The molecule has 1 aromatic carbocycles. The summed E-state index contributed by atoms with van der Waals surface area (Å²) in [4.78, 5) is 23.3. The number of nitrogens with one attached hydrogen (secondary N) is 1. The SMILES string of the molecule is CCOc1c(Cl)cc(CNC(=O)c2cc([N+](=O)[O-])c(C)s2)cc1OC. The van der Waals surface area contributed by atoms with E-state index in [0.717, 1.165) is 16.9 Å². The predicted molar refractivity (Wildman–Crippen MR) is 96.1 cm³/mol. The summed E-state index contributed by atoms with van der Waals surface area (Å²) in [6.45, 7) is 4.09. The van der Waals surface area contributed by atoms with Crippen molar-refractivity contribution in [3.05, 3.63) is 48.7 Å². The molecule has 0 aliphatic carbocycles. The number of methoxy groups -OCH3 is 1. The van der Waals surface area contributed by atoms with Crippen LogP contribution in [0.3, 0.4) is 0 Å². The van der Waals surface area contributed by atoms with Gasteiger partial charge in [0.2, 0.25) is 0 Å². The van der Waals surface area contributed by atoms with Crippen LogP contribution < -0.4 is 14.8 Å². The van der Waals surface area contributed by atoms with Crippen LogP contribution in [0.1, 0.15) is 27.0 Å². The first-order chi connectivity index (χ1) is 11.9. The number of aryl methyl sites for hydroxylation is 1. The summed E-state index contributed by atoms with van der Waals surface area (Å²) in [5, 5.41) is 14.0. The molecule has 1 N–H and O–H groups in total. The van der Waals surface area contributed by atoms with Gasteiger partial charge in [-0.1, -0.05) is 11.6 Å². The fourth-order valence-electron chi connectivity index (χ4n) is 2.19. The van der Waals surface area contributed by atoms with Crippen molar-refractivity contribution < 1.29 is 19.2 Å². The highest BCUT2D eigenvalue weighted by Gasteiger charge is 2.19. The summed E-state index contributed by atoms with van der Waals surface area (Å²) in [7, 11) is 1.50. The molecule has 1 aromatic heterocycles. The normalized spacial score (nSPS) is 10.4. The van der Waals surface area contributed by atoms with E-state index in [-0.39, 0.29) is 23.0 Å². The Morgan fingerprint density at radius 1 is 1.40 bits per heavy atom. The molecule has 0 bridgehead atoms. The third-order valence-corrected chi connectivity index (χ3v) is 4.66. The highest BCUT2D eigenvalue weighted by atomic mass is 35.5. The molecule has 9 heteroatoms. The van der Waals surface area contributed by atoms with Gasteiger partial charge in [0.15, 0.2) is 11.5 Å². The Labute approximate surface area is 153 Å². The number of thiophene rings is 1. The fourth-order valence-corrected chi connectivity index (χ4v) is 3.39. The van der Waals surface area contributed by atoms with Crippen molar-refractivity contribution in [3.8, 4) is 11.5 Å².